The zero-order chi connectivity index (χ0) is 32.8. The molecule has 8 nitrogen and oxygen atoms in total. The number of nitrogens with zero attached hydrogens (tertiary/aromatic N) is 2. The monoisotopic (exact) mass is 693 g/mol. The summed E-state index contributed by atoms with van der Waals surface area (Å²) in [5.41, 5.74) is 1.68. The minimum Gasteiger partial charge on any atom is -0.497 e. The van der Waals surface area contributed by atoms with Crippen LogP contribution in [0.15, 0.2) is 77.3 Å². The van der Waals surface area contributed by atoms with E-state index in [0.29, 0.717) is 34.6 Å². The number of hydrogen-bond donors (Lipinski definition) is 1. The zero-order valence-corrected chi connectivity index (χ0v) is 28.1. The van der Waals surface area contributed by atoms with Crippen molar-refractivity contribution in [3.05, 3.63) is 94.0 Å². The average molecular weight is 695 g/mol. The van der Waals surface area contributed by atoms with Gasteiger partial charge in [0.15, 0.2) is 0 Å². The van der Waals surface area contributed by atoms with E-state index in [1.165, 1.54) is 16.9 Å². The van der Waals surface area contributed by atoms with Gasteiger partial charge in [0.2, 0.25) is 11.8 Å². The molecule has 1 heterocycles. The summed E-state index contributed by atoms with van der Waals surface area (Å²) in [5, 5.41) is 2.93. The summed E-state index contributed by atoms with van der Waals surface area (Å²) in [6.07, 6.45) is 5.15. The Hall–Kier alpha value is -3.92. The quantitative estimate of drug-likeness (QED) is 0.153. The van der Waals surface area contributed by atoms with Crippen molar-refractivity contribution in [1.29, 1.82) is 0 Å². The summed E-state index contributed by atoms with van der Waals surface area (Å²) in [6.45, 7) is 1.94. The first-order valence-corrected chi connectivity index (χ1v) is 16.7. The predicted octanol–water partition coefficient (Wildman–Crippen LogP) is 7.03. The molecule has 1 saturated heterocycles. The Kier molecular flexibility index (Phi) is 10.7. The number of carbonyl (C=O) groups is 3. The van der Waals surface area contributed by atoms with Gasteiger partial charge in [-0.05, 0) is 54.7 Å². The van der Waals surface area contributed by atoms with E-state index in [1.54, 1.807) is 73.8 Å². The Bertz CT molecular complexity index is 1550. The standard InChI is InChI=1S/C36H41BrFN3O5/c1-4-12-31(42)40(23-26-19-20-29(45-2)22-30(26)46-3)32(25-15-11-16-27(37)21-25)34(43)39-33(24-13-7-5-8-14-24)36(38)35(44)41(36)28-17-9-6-10-18-28/h5,7-8,11,13-16,19-22,28,32-33H,4,6,9-10,12,17-18,23H2,1-3H3,(H,39,43). The Balaban J connectivity index is 1.56. The lowest BCUT2D eigenvalue weighted by atomic mass is 9.94. The molecule has 0 bridgehead atoms. The largest absolute Gasteiger partial charge is 0.497 e. The second-order valence-electron chi connectivity index (χ2n) is 11.9. The summed E-state index contributed by atoms with van der Waals surface area (Å²) in [5.74, 6) is -2.77. The summed E-state index contributed by atoms with van der Waals surface area (Å²) in [6, 6.07) is 18.6. The number of ether oxygens (including phenoxy) is 2. The molecule has 244 valence electrons. The molecule has 3 aromatic rings. The summed E-state index contributed by atoms with van der Waals surface area (Å²) < 4.78 is 28.7. The van der Waals surface area contributed by atoms with Gasteiger partial charge in [-0.3, -0.25) is 19.3 Å². The average Bonchev–Trinajstić information content (AvgIpc) is 3.64. The minimum absolute atomic E-state index is 0.0422. The first-order chi connectivity index (χ1) is 22.2. The van der Waals surface area contributed by atoms with Gasteiger partial charge in [-0.2, -0.15) is 0 Å². The highest BCUT2D eigenvalue weighted by molar-refractivity contribution is 9.10. The molecule has 2 fully saturated rings. The van der Waals surface area contributed by atoms with Gasteiger partial charge in [-0.1, -0.05) is 84.6 Å². The zero-order valence-electron chi connectivity index (χ0n) is 26.5. The number of benzene rings is 3. The predicted molar refractivity (Wildman–Crippen MR) is 177 cm³/mol. The van der Waals surface area contributed by atoms with E-state index in [0.717, 1.165) is 36.6 Å². The van der Waals surface area contributed by atoms with Crippen LogP contribution >= 0.6 is 15.9 Å². The fourth-order valence-electron chi connectivity index (χ4n) is 6.53. The minimum atomic E-state index is -2.39. The van der Waals surface area contributed by atoms with E-state index in [4.69, 9.17) is 9.47 Å². The van der Waals surface area contributed by atoms with Crippen LogP contribution in [0.4, 0.5) is 4.39 Å². The van der Waals surface area contributed by atoms with Gasteiger partial charge in [0, 0.05) is 28.6 Å². The number of hydrogen-bond acceptors (Lipinski definition) is 5. The highest BCUT2D eigenvalue weighted by Gasteiger charge is 2.71. The van der Waals surface area contributed by atoms with Crippen molar-refractivity contribution in [2.75, 3.05) is 14.2 Å². The molecule has 1 aliphatic carbocycles. The topological polar surface area (TPSA) is 88.0 Å². The molecule has 3 aromatic carbocycles. The molecule has 1 saturated carbocycles. The number of methoxy groups -OCH3 is 2. The molecule has 1 aliphatic heterocycles. The lowest BCUT2D eigenvalue weighted by molar-refractivity contribution is -0.142. The maximum Gasteiger partial charge on any atom is 0.288 e. The van der Waals surface area contributed by atoms with Crippen LogP contribution in [0, 0.1) is 0 Å². The number of carbonyl (C=O) groups excluding carboxylic acids is 3. The van der Waals surface area contributed by atoms with Gasteiger partial charge >= 0.3 is 0 Å². The van der Waals surface area contributed by atoms with E-state index >= 15 is 4.39 Å². The third-order valence-electron chi connectivity index (χ3n) is 8.90. The van der Waals surface area contributed by atoms with Gasteiger partial charge < -0.3 is 19.7 Å². The van der Waals surface area contributed by atoms with E-state index in [-0.39, 0.29) is 24.9 Å². The highest BCUT2D eigenvalue weighted by Crippen LogP contribution is 2.50. The fourth-order valence-corrected chi connectivity index (χ4v) is 6.95. The van der Waals surface area contributed by atoms with Crippen molar-refractivity contribution >= 4 is 33.7 Å². The fraction of sp³-hybridized carbons (Fsp3) is 0.417. The molecule has 10 heteroatoms. The Morgan fingerprint density at radius 2 is 1.72 bits per heavy atom. The summed E-state index contributed by atoms with van der Waals surface area (Å²) >= 11 is 3.51. The summed E-state index contributed by atoms with van der Waals surface area (Å²) in [7, 11) is 3.09. The van der Waals surface area contributed by atoms with Crippen LogP contribution in [0.25, 0.3) is 0 Å². The molecule has 0 spiro atoms. The first-order valence-electron chi connectivity index (χ1n) is 15.9. The van der Waals surface area contributed by atoms with Crippen LogP contribution in [-0.2, 0) is 20.9 Å². The molecule has 3 unspecified atom stereocenters. The molecule has 3 atom stereocenters. The van der Waals surface area contributed by atoms with Crippen LogP contribution in [0.2, 0.25) is 0 Å². The van der Waals surface area contributed by atoms with Crippen LogP contribution < -0.4 is 14.8 Å². The van der Waals surface area contributed by atoms with Crippen molar-refractivity contribution in [3.8, 4) is 11.5 Å². The van der Waals surface area contributed by atoms with Crippen LogP contribution in [0.5, 0.6) is 11.5 Å². The molecule has 0 aromatic heterocycles. The molecule has 5 rings (SSSR count). The van der Waals surface area contributed by atoms with E-state index in [9.17, 15) is 14.4 Å². The maximum atomic E-state index is 17.0. The molecule has 1 N–H and O–H groups in total. The smallest absolute Gasteiger partial charge is 0.288 e. The van der Waals surface area contributed by atoms with Gasteiger partial charge in [-0.15, -0.1) is 0 Å². The van der Waals surface area contributed by atoms with Gasteiger partial charge in [0.05, 0.1) is 20.8 Å². The number of halogens is 2. The third kappa shape index (κ3) is 6.92. The lowest BCUT2D eigenvalue weighted by Crippen LogP contribution is -2.47. The van der Waals surface area contributed by atoms with Gasteiger partial charge in [-0.25, -0.2) is 4.39 Å². The van der Waals surface area contributed by atoms with E-state index in [2.05, 4.69) is 21.2 Å². The first kappa shape index (κ1) is 33.4. The maximum absolute atomic E-state index is 17.0. The molecule has 46 heavy (non-hydrogen) atoms. The molecular weight excluding hydrogens is 653 g/mol. The third-order valence-corrected chi connectivity index (χ3v) is 9.40. The van der Waals surface area contributed by atoms with Crippen molar-refractivity contribution in [1.82, 2.24) is 15.1 Å². The second kappa shape index (κ2) is 14.7. The van der Waals surface area contributed by atoms with E-state index < -0.39 is 29.7 Å². The summed E-state index contributed by atoms with van der Waals surface area (Å²) in [4.78, 5) is 44.7. The number of amides is 3. The Morgan fingerprint density at radius 1 is 1.00 bits per heavy atom. The Labute approximate surface area is 278 Å². The van der Waals surface area contributed by atoms with Crippen LogP contribution in [-0.4, -0.2) is 53.6 Å². The van der Waals surface area contributed by atoms with Crippen molar-refractivity contribution in [2.45, 2.75) is 82.3 Å². The Morgan fingerprint density at radius 3 is 2.37 bits per heavy atom. The van der Waals surface area contributed by atoms with E-state index in [1.807, 2.05) is 13.0 Å². The normalized spacial score (nSPS) is 19.2. The molecular formula is C36H41BrFN3O5. The second-order valence-corrected chi connectivity index (χ2v) is 12.8. The molecule has 2 aliphatic rings. The molecule has 0 radical (unpaired) electrons. The van der Waals surface area contributed by atoms with Crippen molar-refractivity contribution in [3.63, 3.8) is 0 Å². The number of rotatable bonds is 13. The number of alkyl halides is 1. The SMILES string of the molecule is CCCC(=O)N(Cc1ccc(OC)cc1OC)C(C(=O)NC(c1ccccc1)C1(F)C(=O)N1C1CCCCC1)c1cccc(Br)c1. The van der Waals surface area contributed by atoms with Gasteiger partial charge in [0.1, 0.15) is 23.6 Å². The van der Waals surface area contributed by atoms with Crippen molar-refractivity contribution in [2.24, 2.45) is 0 Å². The lowest BCUT2D eigenvalue weighted by Gasteiger charge is -2.34. The highest BCUT2D eigenvalue weighted by atomic mass is 79.9. The van der Waals surface area contributed by atoms with Crippen LogP contribution in [0.1, 0.15) is 80.6 Å². The van der Waals surface area contributed by atoms with Crippen LogP contribution in [0.3, 0.4) is 0 Å². The number of nitrogens with one attached hydrogen (secondary N) is 1. The van der Waals surface area contributed by atoms with Gasteiger partial charge in [0.25, 0.3) is 11.7 Å². The molecule has 3 amide bonds. The van der Waals surface area contributed by atoms with Crippen molar-refractivity contribution < 1.29 is 28.2 Å².